The van der Waals surface area contributed by atoms with Crippen LogP contribution in [0, 0.1) is 17.5 Å². The van der Waals surface area contributed by atoms with Crippen molar-refractivity contribution in [3.63, 3.8) is 0 Å². The Balaban J connectivity index is 1.95. The van der Waals surface area contributed by atoms with Gasteiger partial charge < -0.3 is 10.4 Å². The summed E-state index contributed by atoms with van der Waals surface area (Å²) in [5.41, 5.74) is 0.715. The summed E-state index contributed by atoms with van der Waals surface area (Å²) in [6, 6.07) is 11.4. The van der Waals surface area contributed by atoms with Crippen molar-refractivity contribution in [2.45, 2.75) is 36.9 Å². The zero-order chi connectivity index (χ0) is 27.9. The van der Waals surface area contributed by atoms with Crippen molar-refractivity contribution >= 4 is 33.1 Å². The summed E-state index contributed by atoms with van der Waals surface area (Å²) in [7, 11) is -4.77. The third kappa shape index (κ3) is 7.84. The number of carbonyl (C=O) groups excluding carboxylic acids is 2. The molecule has 0 aliphatic heterocycles. The summed E-state index contributed by atoms with van der Waals surface area (Å²) in [4.78, 5) is 23.1. The molecule has 0 saturated heterocycles. The van der Waals surface area contributed by atoms with Gasteiger partial charge in [-0.3, -0.25) is 9.59 Å². The highest BCUT2D eigenvalue weighted by molar-refractivity contribution is 7.89. The molecule has 0 aliphatic rings. The summed E-state index contributed by atoms with van der Waals surface area (Å²) >= 11 is 1.20. The van der Waals surface area contributed by atoms with E-state index < -0.39 is 57.0 Å². The molecule has 3 aromatic rings. The normalized spacial score (nSPS) is 13.5. The first kappa shape index (κ1) is 29.2. The predicted molar refractivity (Wildman–Crippen MR) is 136 cm³/mol. The van der Waals surface area contributed by atoms with E-state index >= 15 is 0 Å². The van der Waals surface area contributed by atoms with Gasteiger partial charge in [-0.2, -0.15) is 4.31 Å². The van der Waals surface area contributed by atoms with E-state index in [1.54, 1.807) is 47.8 Å². The van der Waals surface area contributed by atoms with E-state index in [-0.39, 0.29) is 30.9 Å². The first-order valence-corrected chi connectivity index (χ1v) is 13.7. The van der Waals surface area contributed by atoms with Gasteiger partial charge in [0, 0.05) is 30.1 Å². The number of ketones is 1. The number of sulfonamides is 1. The van der Waals surface area contributed by atoms with E-state index in [2.05, 4.69) is 5.32 Å². The van der Waals surface area contributed by atoms with Gasteiger partial charge in [-0.05, 0) is 42.5 Å². The maximum absolute atomic E-state index is 14.5. The quantitative estimate of drug-likeness (QED) is 0.258. The Labute approximate surface area is 222 Å². The average Bonchev–Trinajstić information content (AvgIpc) is 3.38. The molecule has 38 heavy (non-hydrogen) atoms. The van der Waals surface area contributed by atoms with Crippen LogP contribution >= 0.6 is 11.3 Å². The number of benzene rings is 2. The minimum atomic E-state index is -4.77. The Morgan fingerprint density at radius 3 is 2.34 bits per heavy atom. The molecule has 3 rings (SSSR count). The summed E-state index contributed by atoms with van der Waals surface area (Å²) in [5.74, 6) is -5.65. The summed E-state index contributed by atoms with van der Waals surface area (Å²) in [5, 5.41) is 15.4. The molecule has 202 valence electrons. The molecule has 1 heterocycles. The fourth-order valence-corrected chi connectivity index (χ4v) is 5.87. The fourth-order valence-electron chi connectivity index (χ4n) is 3.58. The number of carbonyl (C=O) groups is 2. The zero-order valence-electron chi connectivity index (χ0n) is 20.2. The van der Waals surface area contributed by atoms with Gasteiger partial charge in [-0.1, -0.05) is 36.4 Å². The van der Waals surface area contributed by atoms with Crippen molar-refractivity contribution in [1.29, 1.82) is 0 Å². The van der Waals surface area contributed by atoms with Crippen molar-refractivity contribution in [2.75, 3.05) is 6.54 Å². The molecular formula is C26H25F3N2O5S2. The molecule has 0 bridgehead atoms. The lowest BCUT2D eigenvalue weighted by atomic mass is 10.0. The highest BCUT2D eigenvalue weighted by atomic mass is 32.2. The summed E-state index contributed by atoms with van der Waals surface area (Å²) in [6.45, 7) is 0.337. The van der Waals surface area contributed by atoms with E-state index in [4.69, 9.17) is 0 Å². The van der Waals surface area contributed by atoms with Crippen LogP contribution in [0.2, 0.25) is 0 Å². The summed E-state index contributed by atoms with van der Waals surface area (Å²) < 4.78 is 69.4. The van der Waals surface area contributed by atoms with Gasteiger partial charge in [0.1, 0.15) is 10.7 Å². The number of aliphatic hydroxyl groups is 1. The van der Waals surface area contributed by atoms with Gasteiger partial charge in [0.2, 0.25) is 15.9 Å². The largest absolute Gasteiger partial charge is 0.390 e. The third-order valence-electron chi connectivity index (χ3n) is 5.46. The number of hydrogen-bond acceptors (Lipinski definition) is 6. The molecule has 0 saturated carbocycles. The van der Waals surface area contributed by atoms with Crippen molar-refractivity contribution in [2.24, 2.45) is 0 Å². The Kier molecular flexibility index (Phi) is 9.97. The topological polar surface area (TPSA) is 104 Å². The predicted octanol–water partition coefficient (Wildman–Crippen LogP) is 3.59. The molecule has 12 heteroatoms. The maximum Gasteiger partial charge on any atom is 0.246 e. The average molecular weight is 567 g/mol. The molecule has 7 nitrogen and oxygen atoms in total. The van der Waals surface area contributed by atoms with E-state index in [1.807, 2.05) is 0 Å². The van der Waals surface area contributed by atoms with Gasteiger partial charge >= 0.3 is 0 Å². The fraction of sp³-hybridized carbons (Fsp3) is 0.231. The van der Waals surface area contributed by atoms with Gasteiger partial charge in [0.05, 0.1) is 12.1 Å². The Morgan fingerprint density at radius 1 is 1.03 bits per heavy atom. The zero-order valence-corrected chi connectivity index (χ0v) is 21.8. The van der Waals surface area contributed by atoms with Crippen LogP contribution in [-0.2, 0) is 32.6 Å². The van der Waals surface area contributed by atoms with Gasteiger partial charge in [-0.15, -0.1) is 11.3 Å². The molecule has 0 fully saturated rings. The van der Waals surface area contributed by atoms with Crippen LogP contribution in [0.3, 0.4) is 0 Å². The molecule has 2 aromatic carbocycles. The number of nitrogens with one attached hydrogen (secondary N) is 1. The second-order valence-corrected chi connectivity index (χ2v) is 11.3. The van der Waals surface area contributed by atoms with Crippen LogP contribution < -0.4 is 5.32 Å². The number of thiophene rings is 1. The SMILES string of the molecule is CC(=O)/C=C/C(=O)NC(Cc1ccccc1)C(O)CN(Cc1cccs1)S(=O)(=O)c1cc(F)c(F)cc1F. The van der Waals surface area contributed by atoms with Gasteiger partial charge in [0.15, 0.2) is 17.4 Å². The monoisotopic (exact) mass is 566 g/mol. The van der Waals surface area contributed by atoms with E-state index in [0.29, 0.717) is 10.4 Å². The van der Waals surface area contributed by atoms with Crippen molar-refractivity contribution in [3.05, 3.63) is 100 Å². The van der Waals surface area contributed by atoms with Crippen molar-refractivity contribution < 1.29 is 36.3 Å². The first-order valence-electron chi connectivity index (χ1n) is 11.4. The molecule has 0 aliphatic carbocycles. The number of amides is 1. The minimum Gasteiger partial charge on any atom is -0.390 e. The second-order valence-electron chi connectivity index (χ2n) is 8.39. The van der Waals surface area contributed by atoms with Gasteiger partial charge in [0.25, 0.3) is 0 Å². The molecule has 2 atom stereocenters. The van der Waals surface area contributed by atoms with Crippen LogP contribution in [0.15, 0.2) is 77.0 Å². The van der Waals surface area contributed by atoms with Crippen molar-refractivity contribution in [3.8, 4) is 0 Å². The Morgan fingerprint density at radius 2 is 1.71 bits per heavy atom. The van der Waals surface area contributed by atoms with Crippen molar-refractivity contribution in [1.82, 2.24) is 9.62 Å². The molecule has 1 aromatic heterocycles. The first-order chi connectivity index (χ1) is 18.0. The Bertz CT molecular complexity index is 1400. The lowest BCUT2D eigenvalue weighted by molar-refractivity contribution is -0.118. The number of allylic oxidation sites excluding steroid dienone is 1. The molecule has 2 N–H and O–H groups in total. The van der Waals surface area contributed by atoms with Crippen LogP contribution in [-0.4, -0.2) is 48.2 Å². The molecule has 0 spiro atoms. The number of nitrogens with zero attached hydrogens (tertiary/aromatic N) is 1. The van der Waals surface area contributed by atoms with E-state index in [1.165, 1.54) is 18.3 Å². The molecular weight excluding hydrogens is 541 g/mol. The lowest BCUT2D eigenvalue weighted by Crippen LogP contribution is -2.50. The molecule has 1 amide bonds. The van der Waals surface area contributed by atoms with E-state index in [9.17, 15) is 36.3 Å². The van der Waals surface area contributed by atoms with Crippen LogP contribution in [0.1, 0.15) is 17.4 Å². The number of rotatable bonds is 12. The standard InChI is InChI=1S/C26H25F3N2O5S2/c1-17(32)9-10-26(34)30-23(12-18-6-3-2-4-7-18)24(33)16-31(15-19-8-5-11-37-19)38(35,36)25-14-21(28)20(27)13-22(25)29/h2-11,13-14,23-24,33H,12,15-16H2,1H3,(H,30,34)/b10-9+. The highest BCUT2D eigenvalue weighted by Gasteiger charge is 2.33. The molecule has 0 radical (unpaired) electrons. The number of aliphatic hydroxyl groups excluding tert-OH is 1. The van der Waals surface area contributed by atoms with Crippen LogP contribution in [0.25, 0.3) is 0 Å². The Hall–Kier alpha value is -3.32. The highest BCUT2D eigenvalue weighted by Crippen LogP contribution is 2.25. The number of halogens is 3. The minimum absolute atomic E-state index is 0.0914. The lowest BCUT2D eigenvalue weighted by Gasteiger charge is -2.29. The maximum atomic E-state index is 14.5. The third-order valence-corrected chi connectivity index (χ3v) is 8.14. The second kappa shape index (κ2) is 13.0. The van der Waals surface area contributed by atoms with Crippen LogP contribution in [0.4, 0.5) is 13.2 Å². The smallest absolute Gasteiger partial charge is 0.246 e. The molecule has 2 unspecified atom stereocenters. The van der Waals surface area contributed by atoms with E-state index in [0.717, 1.165) is 16.5 Å². The number of hydrogen-bond donors (Lipinski definition) is 2. The summed E-state index contributed by atoms with van der Waals surface area (Å²) in [6.07, 6.45) is 0.603. The van der Waals surface area contributed by atoms with Crippen LogP contribution in [0.5, 0.6) is 0 Å². The van der Waals surface area contributed by atoms with Gasteiger partial charge in [-0.25, -0.2) is 21.6 Å².